The van der Waals surface area contributed by atoms with Gasteiger partial charge in [-0.05, 0) is 19.3 Å². The van der Waals surface area contributed by atoms with Gasteiger partial charge in [-0.2, -0.15) is 5.10 Å². The van der Waals surface area contributed by atoms with Gasteiger partial charge in [0, 0.05) is 17.7 Å². The number of aliphatic hydroxyl groups is 1. The number of nitrogens with zero attached hydrogens (tertiary/aromatic N) is 1. The van der Waals surface area contributed by atoms with E-state index in [1.807, 2.05) is 13.8 Å². The zero-order valence-corrected chi connectivity index (χ0v) is 11.7. The fraction of sp³-hybridized carbons (Fsp3) is 0.714. The Morgan fingerprint density at radius 1 is 1.63 bits per heavy atom. The summed E-state index contributed by atoms with van der Waals surface area (Å²) in [4.78, 5) is 12.1. The summed E-state index contributed by atoms with van der Waals surface area (Å²) in [5, 5.41) is 19.8. The molecule has 3 N–H and O–H groups in total. The first-order valence-electron chi connectivity index (χ1n) is 7.05. The highest BCUT2D eigenvalue weighted by Crippen LogP contribution is 2.35. The van der Waals surface area contributed by atoms with E-state index >= 15 is 0 Å². The molecule has 1 amide bonds. The number of rotatable bonds is 4. The molecular weight excluding hydrogens is 242 g/mol. The Hall–Kier alpha value is -1.36. The highest BCUT2D eigenvalue weighted by Gasteiger charge is 2.35. The van der Waals surface area contributed by atoms with Gasteiger partial charge in [-0.3, -0.25) is 9.89 Å². The number of hydrogen-bond acceptors (Lipinski definition) is 3. The number of H-pyrrole nitrogens is 1. The second kappa shape index (κ2) is 5.74. The first kappa shape index (κ1) is 14.1. The van der Waals surface area contributed by atoms with Crippen LogP contribution in [0.5, 0.6) is 0 Å². The van der Waals surface area contributed by atoms with Crippen LogP contribution in [-0.4, -0.2) is 33.9 Å². The molecule has 1 aromatic heterocycles. The van der Waals surface area contributed by atoms with E-state index in [0.717, 1.165) is 37.8 Å². The lowest BCUT2D eigenvalue weighted by molar-refractivity contribution is 0.00190. The summed E-state index contributed by atoms with van der Waals surface area (Å²) < 4.78 is 0. The van der Waals surface area contributed by atoms with Crippen molar-refractivity contribution in [2.75, 3.05) is 6.54 Å². The number of aromatic nitrogens is 2. The molecule has 5 nitrogen and oxygen atoms in total. The Morgan fingerprint density at radius 3 is 3.11 bits per heavy atom. The second-order valence-corrected chi connectivity index (χ2v) is 5.71. The van der Waals surface area contributed by atoms with Gasteiger partial charge in [-0.15, -0.1) is 0 Å². The number of carbonyl (C=O) groups is 1. The SMILES string of the molecule is CCc1[nH]ncc1C(=O)NCC1(C)CCCCC1O. The topological polar surface area (TPSA) is 78.0 Å². The molecule has 0 spiro atoms. The van der Waals surface area contributed by atoms with E-state index in [1.54, 1.807) is 6.20 Å². The first-order chi connectivity index (χ1) is 9.07. The van der Waals surface area contributed by atoms with Crippen molar-refractivity contribution < 1.29 is 9.90 Å². The van der Waals surface area contributed by atoms with Gasteiger partial charge < -0.3 is 10.4 Å². The molecule has 1 heterocycles. The third kappa shape index (κ3) is 2.97. The fourth-order valence-corrected chi connectivity index (χ4v) is 2.74. The van der Waals surface area contributed by atoms with Crippen LogP contribution in [0.1, 0.15) is 55.6 Å². The van der Waals surface area contributed by atoms with Gasteiger partial charge in [0.25, 0.3) is 5.91 Å². The maximum Gasteiger partial charge on any atom is 0.254 e. The van der Waals surface area contributed by atoms with E-state index < -0.39 is 0 Å². The third-order valence-electron chi connectivity index (χ3n) is 4.25. The minimum Gasteiger partial charge on any atom is -0.392 e. The van der Waals surface area contributed by atoms with Crippen molar-refractivity contribution in [3.05, 3.63) is 17.5 Å². The van der Waals surface area contributed by atoms with Crippen molar-refractivity contribution in [1.82, 2.24) is 15.5 Å². The van der Waals surface area contributed by atoms with E-state index in [9.17, 15) is 9.90 Å². The van der Waals surface area contributed by atoms with Crippen LogP contribution in [0.25, 0.3) is 0 Å². The molecule has 1 aliphatic carbocycles. The Morgan fingerprint density at radius 2 is 2.42 bits per heavy atom. The van der Waals surface area contributed by atoms with E-state index in [-0.39, 0.29) is 17.4 Å². The standard InChI is InChI=1S/C14H23N3O2/c1-3-11-10(8-16-17-11)13(19)15-9-14(2)7-5-4-6-12(14)18/h8,12,18H,3-7,9H2,1-2H3,(H,15,19)(H,16,17). The molecule has 0 aliphatic heterocycles. The summed E-state index contributed by atoms with van der Waals surface area (Å²) in [6.45, 7) is 4.55. The molecule has 1 aromatic rings. The largest absolute Gasteiger partial charge is 0.392 e. The summed E-state index contributed by atoms with van der Waals surface area (Å²) in [5.41, 5.74) is 1.26. The van der Waals surface area contributed by atoms with E-state index in [4.69, 9.17) is 0 Å². The molecule has 0 bridgehead atoms. The number of hydrogen-bond donors (Lipinski definition) is 3. The van der Waals surface area contributed by atoms with Crippen molar-refractivity contribution in [2.24, 2.45) is 5.41 Å². The van der Waals surface area contributed by atoms with Crippen LogP contribution in [0.4, 0.5) is 0 Å². The summed E-state index contributed by atoms with van der Waals surface area (Å²) in [6, 6.07) is 0. The second-order valence-electron chi connectivity index (χ2n) is 5.71. The van der Waals surface area contributed by atoms with E-state index in [1.165, 1.54) is 0 Å². The average molecular weight is 265 g/mol. The van der Waals surface area contributed by atoms with Crippen LogP contribution >= 0.6 is 0 Å². The monoisotopic (exact) mass is 265 g/mol. The predicted octanol–water partition coefficient (Wildman–Crippen LogP) is 1.64. The summed E-state index contributed by atoms with van der Waals surface area (Å²) in [7, 11) is 0. The molecule has 19 heavy (non-hydrogen) atoms. The van der Waals surface area contributed by atoms with Crippen LogP contribution in [0.3, 0.4) is 0 Å². The van der Waals surface area contributed by atoms with Gasteiger partial charge >= 0.3 is 0 Å². The lowest BCUT2D eigenvalue weighted by atomic mass is 9.73. The number of amides is 1. The molecule has 5 heteroatoms. The van der Waals surface area contributed by atoms with Crippen LogP contribution in [0.15, 0.2) is 6.20 Å². The van der Waals surface area contributed by atoms with E-state index in [2.05, 4.69) is 15.5 Å². The van der Waals surface area contributed by atoms with Crippen molar-refractivity contribution in [2.45, 2.75) is 52.1 Å². The highest BCUT2D eigenvalue weighted by molar-refractivity contribution is 5.95. The Labute approximate surface area is 113 Å². The highest BCUT2D eigenvalue weighted by atomic mass is 16.3. The van der Waals surface area contributed by atoms with Gasteiger partial charge in [0.05, 0.1) is 17.9 Å². The molecule has 1 fully saturated rings. The Bertz CT molecular complexity index is 444. The zero-order valence-electron chi connectivity index (χ0n) is 11.7. The molecule has 1 aliphatic rings. The number of aryl methyl sites for hydroxylation is 1. The first-order valence-corrected chi connectivity index (χ1v) is 7.05. The smallest absolute Gasteiger partial charge is 0.254 e. The maximum atomic E-state index is 12.1. The average Bonchev–Trinajstić information content (AvgIpc) is 2.88. The number of aromatic amines is 1. The summed E-state index contributed by atoms with van der Waals surface area (Å²) in [5.74, 6) is -0.107. The lowest BCUT2D eigenvalue weighted by Crippen LogP contribution is -2.45. The maximum absolute atomic E-state index is 12.1. The molecule has 2 atom stereocenters. The molecule has 0 aromatic carbocycles. The molecule has 1 saturated carbocycles. The molecular formula is C14H23N3O2. The van der Waals surface area contributed by atoms with Crippen LogP contribution in [0.2, 0.25) is 0 Å². The molecule has 0 saturated heterocycles. The lowest BCUT2D eigenvalue weighted by Gasteiger charge is -2.38. The van der Waals surface area contributed by atoms with Crippen molar-refractivity contribution in [3.63, 3.8) is 0 Å². The third-order valence-corrected chi connectivity index (χ3v) is 4.25. The summed E-state index contributed by atoms with van der Waals surface area (Å²) in [6.07, 6.45) is 5.98. The van der Waals surface area contributed by atoms with Gasteiger partial charge in [0.1, 0.15) is 0 Å². The Kier molecular flexibility index (Phi) is 4.24. The van der Waals surface area contributed by atoms with E-state index in [0.29, 0.717) is 12.1 Å². The minimum atomic E-state index is -0.323. The van der Waals surface area contributed by atoms with Gasteiger partial charge in [-0.25, -0.2) is 0 Å². The molecule has 106 valence electrons. The van der Waals surface area contributed by atoms with Crippen molar-refractivity contribution in [1.29, 1.82) is 0 Å². The van der Waals surface area contributed by atoms with Crippen molar-refractivity contribution >= 4 is 5.91 Å². The molecule has 2 unspecified atom stereocenters. The number of carbonyl (C=O) groups excluding carboxylic acids is 1. The molecule has 2 rings (SSSR count). The Balaban J connectivity index is 1.96. The van der Waals surface area contributed by atoms with Crippen molar-refractivity contribution in [3.8, 4) is 0 Å². The van der Waals surface area contributed by atoms with Crippen LogP contribution < -0.4 is 5.32 Å². The van der Waals surface area contributed by atoms with Gasteiger partial charge in [-0.1, -0.05) is 26.7 Å². The zero-order chi connectivity index (χ0) is 13.9. The predicted molar refractivity (Wildman–Crippen MR) is 72.9 cm³/mol. The fourth-order valence-electron chi connectivity index (χ4n) is 2.74. The van der Waals surface area contributed by atoms with Crippen LogP contribution in [0, 0.1) is 5.41 Å². The summed E-state index contributed by atoms with van der Waals surface area (Å²) >= 11 is 0. The normalized spacial score (nSPS) is 27.2. The number of nitrogens with one attached hydrogen (secondary N) is 2. The van der Waals surface area contributed by atoms with Crippen LogP contribution in [-0.2, 0) is 6.42 Å². The minimum absolute atomic E-state index is 0.107. The van der Waals surface area contributed by atoms with Gasteiger partial charge in [0.2, 0.25) is 0 Å². The van der Waals surface area contributed by atoms with Gasteiger partial charge in [0.15, 0.2) is 0 Å². The number of aliphatic hydroxyl groups excluding tert-OH is 1. The quantitative estimate of drug-likeness (QED) is 0.774. The molecule has 0 radical (unpaired) electrons.